The molecule has 1 aliphatic heterocycles. The van der Waals surface area contributed by atoms with E-state index < -0.39 is 10.2 Å². The van der Waals surface area contributed by atoms with E-state index in [1.807, 2.05) is 39.0 Å². The molecule has 1 unspecified atom stereocenters. The van der Waals surface area contributed by atoms with Crippen LogP contribution in [-0.2, 0) is 14.9 Å². The molecule has 2 rings (SSSR count). The number of nitrogens with zero attached hydrogens (tertiary/aromatic N) is 1. The van der Waals surface area contributed by atoms with Crippen molar-refractivity contribution in [3.63, 3.8) is 0 Å². The second-order valence-electron chi connectivity index (χ2n) is 6.26. The highest BCUT2D eigenvalue weighted by Crippen LogP contribution is 2.31. The molecule has 148 valence electrons. The standard InChI is InChI=1S/C18H30N2O5S/c1-4-10-24-17-7-6-16(14-18(17)25-11-5-2)15(3)19-26(21,22)20-8-12-23-13-9-20/h6-7,14-15,19H,4-5,8-13H2,1-3H3. The molecule has 1 aliphatic rings. The van der Waals surface area contributed by atoms with Gasteiger partial charge in [-0.2, -0.15) is 17.4 Å². The van der Waals surface area contributed by atoms with Crippen LogP contribution < -0.4 is 14.2 Å². The van der Waals surface area contributed by atoms with Crippen molar-refractivity contribution >= 4 is 10.2 Å². The molecule has 0 bridgehead atoms. The summed E-state index contributed by atoms with van der Waals surface area (Å²) in [5, 5.41) is 0. The van der Waals surface area contributed by atoms with Gasteiger partial charge in [0.05, 0.1) is 26.4 Å². The molecule has 0 saturated carbocycles. The van der Waals surface area contributed by atoms with E-state index in [1.54, 1.807) is 0 Å². The number of hydrogen-bond donors (Lipinski definition) is 1. The van der Waals surface area contributed by atoms with Crippen molar-refractivity contribution in [3.05, 3.63) is 23.8 Å². The topological polar surface area (TPSA) is 77.1 Å². The first-order valence-electron chi connectivity index (χ1n) is 9.22. The molecule has 0 radical (unpaired) electrons. The fourth-order valence-corrected chi connectivity index (χ4v) is 3.96. The number of ether oxygens (including phenoxy) is 3. The quantitative estimate of drug-likeness (QED) is 0.668. The Morgan fingerprint density at radius 3 is 2.35 bits per heavy atom. The molecule has 0 amide bonds. The molecule has 8 heteroatoms. The lowest BCUT2D eigenvalue weighted by Crippen LogP contribution is -2.47. The van der Waals surface area contributed by atoms with Crippen LogP contribution in [0.2, 0.25) is 0 Å². The first kappa shape index (κ1) is 21.0. The molecule has 1 fully saturated rings. The Balaban J connectivity index is 2.12. The molecule has 1 heterocycles. The molecule has 0 aliphatic carbocycles. The molecule has 26 heavy (non-hydrogen) atoms. The summed E-state index contributed by atoms with van der Waals surface area (Å²) in [5.41, 5.74) is 0.830. The molecule has 7 nitrogen and oxygen atoms in total. The fourth-order valence-electron chi connectivity index (χ4n) is 2.60. The van der Waals surface area contributed by atoms with Gasteiger partial charge in [0.1, 0.15) is 0 Å². The molecular formula is C18H30N2O5S. The zero-order chi connectivity index (χ0) is 19.0. The van der Waals surface area contributed by atoms with E-state index in [9.17, 15) is 8.42 Å². The van der Waals surface area contributed by atoms with Crippen molar-refractivity contribution in [1.29, 1.82) is 0 Å². The molecule has 1 atom stereocenters. The lowest BCUT2D eigenvalue weighted by Gasteiger charge is -2.28. The Labute approximate surface area is 156 Å². The van der Waals surface area contributed by atoms with Gasteiger partial charge < -0.3 is 14.2 Å². The van der Waals surface area contributed by atoms with E-state index in [4.69, 9.17) is 14.2 Å². The largest absolute Gasteiger partial charge is 0.490 e. The number of morpholine rings is 1. The summed E-state index contributed by atoms with van der Waals surface area (Å²) in [6, 6.07) is 5.19. The first-order valence-corrected chi connectivity index (χ1v) is 10.7. The Morgan fingerprint density at radius 2 is 1.73 bits per heavy atom. The van der Waals surface area contributed by atoms with E-state index in [0.29, 0.717) is 51.0 Å². The zero-order valence-electron chi connectivity index (χ0n) is 15.9. The molecule has 0 spiro atoms. The van der Waals surface area contributed by atoms with Gasteiger partial charge in [0.2, 0.25) is 0 Å². The molecule has 0 aromatic heterocycles. The van der Waals surface area contributed by atoms with E-state index in [-0.39, 0.29) is 6.04 Å². The molecule has 1 N–H and O–H groups in total. The summed E-state index contributed by atoms with van der Waals surface area (Å²) in [5.74, 6) is 1.34. The van der Waals surface area contributed by atoms with Crippen LogP contribution in [0.1, 0.15) is 45.2 Å². The van der Waals surface area contributed by atoms with E-state index >= 15 is 0 Å². The third-order valence-corrected chi connectivity index (χ3v) is 5.72. The average molecular weight is 387 g/mol. The highest BCUT2D eigenvalue weighted by atomic mass is 32.2. The molecule has 1 saturated heterocycles. The van der Waals surface area contributed by atoms with Gasteiger partial charge in [-0.1, -0.05) is 19.9 Å². The lowest BCUT2D eigenvalue weighted by atomic mass is 10.1. The summed E-state index contributed by atoms with van der Waals surface area (Å²) in [6.45, 7) is 8.69. The van der Waals surface area contributed by atoms with Crippen molar-refractivity contribution in [2.45, 2.75) is 39.7 Å². The maximum atomic E-state index is 12.5. The van der Waals surface area contributed by atoms with Crippen molar-refractivity contribution < 1.29 is 22.6 Å². The van der Waals surface area contributed by atoms with Crippen molar-refractivity contribution in [2.24, 2.45) is 0 Å². The summed E-state index contributed by atoms with van der Waals surface area (Å²) >= 11 is 0. The van der Waals surface area contributed by atoms with Crippen molar-refractivity contribution in [1.82, 2.24) is 9.03 Å². The van der Waals surface area contributed by atoms with Crippen LogP contribution >= 0.6 is 0 Å². The second-order valence-corrected chi connectivity index (χ2v) is 7.96. The number of benzene rings is 1. The van der Waals surface area contributed by atoms with Gasteiger partial charge in [0, 0.05) is 19.1 Å². The summed E-state index contributed by atoms with van der Waals surface area (Å²) in [4.78, 5) is 0. The second kappa shape index (κ2) is 10.1. The van der Waals surface area contributed by atoms with Crippen molar-refractivity contribution in [2.75, 3.05) is 39.5 Å². The summed E-state index contributed by atoms with van der Waals surface area (Å²) in [6.07, 6.45) is 1.79. The van der Waals surface area contributed by atoms with Gasteiger partial charge in [0.15, 0.2) is 11.5 Å². The number of nitrogens with one attached hydrogen (secondary N) is 1. The van der Waals surface area contributed by atoms with Gasteiger partial charge >= 0.3 is 0 Å². The molecular weight excluding hydrogens is 356 g/mol. The van der Waals surface area contributed by atoms with Gasteiger partial charge in [-0.15, -0.1) is 0 Å². The van der Waals surface area contributed by atoms with E-state index in [0.717, 1.165) is 18.4 Å². The van der Waals surface area contributed by atoms with Crippen LogP contribution in [-0.4, -0.2) is 52.2 Å². The maximum Gasteiger partial charge on any atom is 0.280 e. The van der Waals surface area contributed by atoms with Gasteiger partial charge in [-0.25, -0.2) is 0 Å². The highest BCUT2D eigenvalue weighted by Gasteiger charge is 2.26. The minimum atomic E-state index is -3.55. The third kappa shape index (κ3) is 5.84. The maximum absolute atomic E-state index is 12.5. The van der Waals surface area contributed by atoms with Crippen molar-refractivity contribution in [3.8, 4) is 11.5 Å². The summed E-state index contributed by atoms with van der Waals surface area (Å²) < 4.78 is 46.0. The minimum Gasteiger partial charge on any atom is -0.490 e. The normalized spacial score (nSPS) is 17.0. The lowest BCUT2D eigenvalue weighted by molar-refractivity contribution is 0.0723. The first-order chi connectivity index (χ1) is 12.5. The number of rotatable bonds is 10. The van der Waals surface area contributed by atoms with E-state index in [2.05, 4.69) is 4.72 Å². The smallest absolute Gasteiger partial charge is 0.280 e. The third-order valence-electron chi connectivity index (χ3n) is 4.03. The van der Waals surface area contributed by atoms with Gasteiger partial charge in [-0.3, -0.25) is 0 Å². The highest BCUT2D eigenvalue weighted by molar-refractivity contribution is 7.87. The van der Waals surface area contributed by atoms with Crippen LogP contribution in [0.4, 0.5) is 0 Å². The van der Waals surface area contributed by atoms with Crippen LogP contribution in [0.25, 0.3) is 0 Å². The average Bonchev–Trinajstić information content (AvgIpc) is 2.65. The monoisotopic (exact) mass is 386 g/mol. The van der Waals surface area contributed by atoms with Crippen LogP contribution in [0, 0.1) is 0 Å². The van der Waals surface area contributed by atoms with E-state index in [1.165, 1.54) is 4.31 Å². The fraction of sp³-hybridized carbons (Fsp3) is 0.667. The number of hydrogen-bond acceptors (Lipinski definition) is 5. The van der Waals surface area contributed by atoms with Gasteiger partial charge in [-0.05, 0) is 37.5 Å². The minimum absolute atomic E-state index is 0.372. The van der Waals surface area contributed by atoms with Crippen LogP contribution in [0.15, 0.2) is 18.2 Å². The predicted molar refractivity (Wildman–Crippen MR) is 101 cm³/mol. The molecule has 1 aromatic carbocycles. The Hall–Kier alpha value is -1.35. The van der Waals surface area contributed by atoms with Gasteiger partial charge in [0.25, 0.3) is 10.2 Å². The van der Waals surface area contributed by atoms with Crippen LogP contribution in [0.3, 0.4) is 0 Å². The Bertz CT molecular complexity index is 660. The predicted octanol–water partition coefficient (Wildman–Crippen LogP) is 2.49. The Kier molecular flexibility index (Phi) is 8.15. The SMILES string of the molecule is CCCOc1ccc(C(C)NS(=O)(=O)N2CCOCC2)cc1OCCC. The molecule has 1 aromatic rings. The Morgan fingerprint density at radius 1 is 1.12 bits per heavy atom. The summed E-state index contributed by atoms with van der Waals surface area (Å²) in [7, 11) is -3.55. The zero-order valence-corrected chi connectivity index (χ0v) is 16.7. The van der Waals surface area contributed by atoms with Crippen LogP contribution in [0.5, 0.6) is 11.5 Å².